The van der Waals surface area contributed by atoms with Crippen LogP contribution in [0, 0.1) is 0 Å². The molecule has 0 saturated heterocycles. The molecule has 2 N–H and O–H groups in total. The Hall–Kier alpha value is -1.03. The molecule has 0 aliphatic carbocycles. The van der Waals surface area contributed by atoms with Crippen LogP contribution in [0.5, 0.6) is 0 Å². The van der Waals surface area contributed by atoms with Crippen molar-refractivity contribution in [3.8, 4) is 0 Å². The lowest BCUT2D eigenvalue weighted by Gasteiger charge is -2.17. The van der Waals surface area contributed by atoms with Gasteiger partial charge in [-0.3, -0.25) is 0 Å². The SMILES string of the molecule is CCCC(CC)Nc1ccc(C(=O)O)c(Br)c1. The number of rotatable bonds is 6. The molecule has 0 heterocycles. The van der Waals surface area contributed by atoms with Gasteiger partial charge >= 0.3 is 5.97 Å². The number of anilines is 1. The summed E-state index contributed by atoms with van der Waals surface area (Å²) in [6.45, 7) is 4.31. The van der Waals surface area contributed by atoms with E-state index in [4.69, 9.17) is 5.11 Å². The zero-order chi connectivity index (χ0) is 12.8. The van der Waals surface area contributed by atoms with Gasteiger partial charge < -0.3 is 10.4 Å². The third kappa shape index (κ3) is 4.04. The Morgan fingerprint density at radius 1 is 1.47 bits per heavy atom. The molecule has 3 nitrogen and oxygen atoms in total. The molecule has 0 fully saturated rings. The number of carbonyl (C=O) groups is 1. The second-order valence-electron chi connectivity index (χ2n) is 4.04. The van der Waals surface area contributed by atoms with Crippen LogP contribution in [0.15, 0.2) is 22.7 Å². The lowest BCUT2D eigenvalue weighted by atomic mass is 10.1. The summed E-state index contributed by atoms with van der Waals surface area (Å²) < 4.78 is 0.612. The first-order valence-corrected chi connectivity index (χ1v) is 6.67. The summed E-state index contributed by atoms with van der Waals surface area (Å²) >= 11 is 3.28. The van der Waals surface area contributed by atoms with E-state index in [2.05, 4.69) is 35.1 Å². The van der Waals surface area contributed by atoms with Crippen LogP contribution in [-0.4, -0.2) is 17.1 Å². The molecule has 0 aliphatic rings. The number of hydrogen-bond donors (Lipinski definition) is 2. The fourth-order valence-corrected chi connectivity index (χ4v) is 2.29. The van der Waals surface area contributed by atoms with Gasteiger partial charge in [-0.1, -0.05) is 20.3 Å². The molecule has 1 rings (SSSR count). The summed E-state index contributed by atoms with van der Waals surface area (Å²) in [5, 5.41) is 12.3. The number of nitrogens with one attached hydrogen (secondary N) is 1. The van der Waals surface area contributed by atoms with Gasteiger partial charge in [0, 0.05) is 16.2 Å². The summed E-state index contributed by atoms with van der Waals surface area (Å²) in [7, 11) is 0. The van der Waals surface area contributed by atoms with Crippen molar-refractivity contribution in [2.45, 2.75) is 39.2 Å². The topological polar surface area (TPSA) is 49.3 Å². The van der Waals surface area contributed by atoms with Crippen molar-refractivity contribution >= 4 is 27.6 Å². The number of carboxylic acid groups (broad SMARTS) is 1. The largest absolute Gasteiger partial charge is 0.478 e. The molecule has 4 heteroatoms. The molecule has 0 aliphatic heterocycles. The van der Waals surface area contributed by atoms with Crippen LogP contribution in [-0.2, 0) is 0 Å². The Labute approximate surface area is 110 Å². The summed E-state index contributed by atoms with van der Waals surface area (Å²) in [6, 6.07) is 5.70. The average molecular weight is 300 g/mol. The maximum Gasteiger partial charge on any atom is 0.336 e. The number of halogens is 1. The Bertz CT molecular complexity index is 393. The lowest BCUT2D eigenvalue weighted by molar-refractivity contribution is 0.0696. The van der Waals surface area contributed by atoms with Gasteiger partial charge in [0.15, 0.2) is 0 Å². The fourth-order valence-electron chi connectivity index (χ4n) is 1.74. The first-order valence-electron chi connectivity index (χ1n) is 5.87. The van der Waals surface area contributed by atoms with Crippen LogP contribution in [0.2, 0.25) is 0 Å². The van der Waals surface area contributed by atoms with Crippen molar-refractivity contribution in [1.29, 1.82) is 0 Å². The van der Waals surface area contributed by atoms with Gasteiger partial charge in [0.05, 0.1) is 5.56 Å². The standard InChI is InChI=1S/C13H18BrNO2/c1-3-5-9(4-2)15-10-6-7-11(13(16)17)12(14)8-10/h6-9,15H,3-5H2,1-2H3,(H,16,17). The van der Waals surface area contributed by atoms with E-state index in [0.717, 1.165) is 24.9 Å². The molecule has 0 saturated carbocycles. The van der Waals surface area contributed by atoms with Crippen molar-refractivity contribution in [3.05, 3.63) is 28.2 Å². The molecular weight excluding hydrogens is 282 g/mol. The maximum atomic E-state index is 10.9. The minimum atomic E-state index is -0.913. The van der Waals surface area contributed by atoms with Crippen molar-refractivity contribution in [1.82, 2.24) is 0 Å². The van der Waals surface area contributed by atoms with E-state index in [-0.39, 0.29) is 0 Å². The van der Waals surface area contributed by atoms with Crippen LogP contribution >= 0.6 is 15.9 Å². The Morgan fingerprint density at radius 3 is 2.65 bits per heavy atom. The van der Waals surface area contributed by atoms with Gasteiger partial charge in [0.25, 0.3) is 0 Å². The molecule has 0 aromatic heterocycles. The smallest absolute Gasteiger partial charge is 0.336 e. The van der Waals surface area contributed by atoms with E-state index in [9.17, 15) is 4.79 Å². The van der Waals surface area contributed by atoms with Gasteiger partial charge in [-0.15, -0.1) is 0 Å². The number of hydrogen-bond acceptors (Lipinski definition) is 2. The second-order valence-corrected chi connectivity index (χ2v) is 4.89. The monoisotopic (exact) mass is 299 g/mol. The fraction of sp³-hybridized carbons (Fsp3) is 0.462. The Kier molecular flexibility index (Phi) is 5.48. The number of carboxylic acids is 1. The molecule has 1 aromatic rings. The highest BCUT2D eigenvalue weighted by Crippen LogP contribution is 2.23. The van der Waals surface area contributed by atoms with Crippen molar-refractivity contribution < 1.29 is 9.90 Å². The molecule has 1 unspecified atom stereocenters. The molecule has 1 atom stereocenters. The van der Waals surface area contributed by atoms with Gasteiger partial charge in [-0.2, -0.15) is 0 Å². The van der Waals surface area contributed by atoms with Gasteiger partial charge in [-0.25, -0.2) is 4.79 Å². The maximum absolute atomic E-state index is 10.9. The molecule has 0 amide bonds. The highest BCUT2D eigenvalue weighted by atomic mass is 79.9. The average Bonchev–Trinajstić information content (AvgIpc) is 2.28. The zero-order valence-electron chi connectivity index (χ0n) is 10.2. The van der Waals surface area contributed by atoms with Crippen LogP contribution < -0.4 is 5.32 Å². The van der Waals surface area contributed by atoms with E-state index in [1.54, 1.807) is 6.07 Å². The molecule has 94 valence electrons. The van der Waals surface area contributed by atoms with E-state index >= 15 is 0 Å². The van der Waals surface area contributed by atoms with Crippen LogP contribution in [0.3, 0.4) is 0 Å². The molecule has 1 aromatic carbocycles. The first-order chi connectivity index (χ1) is 8.08. The summed E-state index contributed by atoms with van der Waals surface area (Å²) in [4.78, 5) is 10.9. The number of aromatic carboxylic acids is 1. The van der Waals surface area contributed by atoms with Crippen molar-refractivity contribution in [3.63, 3.8) is 0 Å². The minimum Gasteiger partial charge on any atom is -0.478 e. The van der Waals surface area contributed by atoms with Gasteiger partial charge in [0.1, 0.15) is 0 Å². The van der Waals surface area contributed by atoms with E-state index in [1.165, 1.54) is 0 Å². The first kappa shape index (κ1) is 14.0. The quantitative estimate of drug-likeness (QED) is 0.830. The van der Waals surface area contributed by atoms with Crippen molar-refractivity contribution in [2.75, 3.05) is 5.32 Å². The minimum absolute atomic E-state index is 0.291. The molecule has 0 spiro atoms. The normalized spacial score (nSPS) is 12.2. The molecular formula is C13H18BrNO2. The summed E-state index contributed by atoms with van der Waals surface area (Å²) in [5.74, 6) is -0.913. The van der Waals surface area contributed by atoms with Crippen LogP contribution in [0.25, 0.3) is 0 Å². The molecule has 0 bridgehead atoms. The van der Waals surface area contributed by atoms with Gasteiger partial charge in [-0.05, 0) is 47.0 Å². The highest BCUT2D eigenvalue weighted by Gasteiger charge is 2.10. The Balaban J connectivity index is 2.79. The zero-order valence-corrected chi connectivity index (χ0v) is 11.8. The second kappa shape index (κ2) is 6.64. The summed E-state index contributed by atoms with van der Waals surface area (Å²) in [6.07, 6.45) is 3.32. The third-order valence-corrected chi connectivity index (χ3v) is 3.36. The van der Waals surface area contributed by atoms with E-state index < -0.39 is 5.97 Å². The predicted molar refractivity (Wildman–Crippen MR) is 73.7 cm³/mol. The summed E-state index contributed by atoms with van der Waals surface area (Å²) in [5.41, 5.74) is 1.25. The Morgan fingerprint density at radius 2 is 2.18 bits per heavy atom. The van der Waals surface area contributed by atoms with E-state index in [1.807, 2.05) is 12.1 Å². The van der Waals surface area contributed by atoms with Crippen molar-refractivity contribution in [2.24, 2.45) is 0 Å². The molecule has 17 heavy (non-hydrogen) atoms. The molecule has 0 radical (unpaired) electrons. The predicted octanol–water partition coefficient (Wildman–Crippen LogP) is 4.14. The lowest BCUT2D eigenvalue weighted by Crippen LogP contribution is -2.18. The highest BCUT2D eigenvalue weighted by molar-refractivity contribution is 9.10. The van der Waals surface area contributed by atoms with E-state index in [0.29, 0.717) is 16.1 Å². The number of benzene rings is 1. The van der Waals surface area contributed by atoms with Crippen LogP contribution in [0.4, 0.5) is 5.69 Å². The van der Waals surface area contributed by atoms with Crippen LogP contribution in [0.1, 0.15) is 43.5 Å². The third-order valence-electron chi connectivity index (χ3n) is 2.70. The van der Waals surface area contributed by atoms with Gasteiger partial charge in [0.2, 0.25) is 0 Å².